The molecule has 2 fully saturated rings. The summed E-state index contributed by atoms with van der Waals surface area (Å²) in [7, 11) is -3.57. The molecular formula is C20H28N4O4S. The zero-order chi connectivity index (χ0) is 20.9. The predicted molar refractivity (Wildman–Crippen MR) is 112 cm³/mol. The van der Waals surface area contributed by atoms with Gasteiger partial charge < -0.3 is 15.8 Å². The number of carbonyl (C=O) groups excluding carboxylic acids is 1. The van der Waals surface area contributed by atoms with Crippen molar-refractivity contribution in [3.63, 3.8) is 0 Å². The van der Waals surface area contributed by atoms with Crippen LogP contribution in [0.25, 0.3) is 0 Å². The third-order valence-electron chi connectivity index (χ3n) is 5.22. The van der Waals surface area contributed by atoms with Crippen molar-refractivity contribution in [1.29, 1.82) is 0 Å². The number of benzene rings is 1. The van der Waals surface area contributed by atoms with Crippen molar-refractivity contribution in [2.75, 3.05) is 31.6 Å². The van der Waals surface area contributed by atoms with E-state index in [1.54, 1.807) is 19.1 Å². The van der Waals surface area contributed by atoms with E-state index in [1.807, 2.05) is 0 Å². The Balaban J connectivity index is 1.67. The van der Waals surface area contributed by atoms with Gasteiger partial charge in [-0.25, -0.2) is 8.42 Å². The molecule has 1 aliphatic heterocycles. The molecule has 3 rings (SSSR count). The fourth-order valence-electron chi connectivity index (χ4n) is 3.58. The van der Waals surface area contributed by atoms with Gasteiger partial charge >= 0.3 is 0 Å². The second kappa shape index (κ2) is 9.51. The second-order valence-corrected chi connectivity index (χ2v) is 9.17. The van der Waals surface area contributed by atoms with Gasteiger partial charge in [-0.1, -0.05) is 12.8 Å². The lowest BCUT2D eigenvalue weighted by atomic mass is 10.1. The van der Waals surface area contributed by atoms with Gasteiger partial charge in [0.2, 0.25) is 10.0 Å². The SMILES string of the molecule is CC(=NC1CCCC1)/C(=C\N)C(=O)Nc1ccc(S(=O)(=O)N2CCOCC2)cc1. The average Bonchev–Trinajstić information content (AvgIpc) is 3.22. The Bertz CT molecular complexity index is 882. The molecule has 1 aromatic carbocycles. The summed E-state index contributed by atoms with van der Waals surface area (Å²) in [6, 6.07) is 6.38. The van der Waals surface area contributed by atoms with Gasteiger partial charge in [-0.3, -0.25) is 9.79 Å². The molecule has 8 nitrogen and oxygen atoms in total. The molecule has 158 valence electrons. The van der Waals surface area contributed by atoms with Crippen LogP contribution in [0.4, 0.5) is 5.69 Å². The number of hydrogen-bond donors (Lipinski definition) is 2. The summed E-state index contributed by atoms with van der Waals surface area (Å²) >= 11 is 0. The van der Waals surface area contributed by atoms with E-state index < -0.39 is 10.0 Å². The maximum atomic E-state index is 12.7. The van der Waals surface area contributed by atoms with Crippen LogP contribution in [-0.2, 0) is 19.6 Å². The summed E-state index contributed by atoms with van der Waals surface area (Å²) < 4.78 is 32.0. The number of rotatable bonds is 6. The van der Waals surface area contributed by atoms with Gasteiger partial charge in [0.1, 0.15) is 0 Å². The van der Waals surface area contributed by atoms with Crippen molar-refractivity contribution in [2.24, 2.45) is 10.7 Å². The maximum absolute atomic E-state index is 12.7. The highest BCUT2D eigenvalue weighted by molar-refractivity contribution is 7.89. The van der Waals surface area contributed by atoms with Crippen molar-refractivity contribution in [3.05, 3.63) is 36.0 Å². The summed E-state index contributed by atoms with van der Waals surface area (Å²) in [5, 5.41) is 2.76. The van der Waals surface area contributed by atoms with Crippen LogP contribution in [0.1, 0.15) is 32.6 Å². The van der Waals surface area contributed by atoms with Gasteiger partial charge in [0.15, 0.2) is 0 Å². The molecule has 1 aromatic rings. The number of hydrogen-bond acceptors (Lipinski definition) is 6. The van der Waals surface area contributed by atoms with E-state index in [1.165, 1.54) is 22.6 Å². The molecule has 0 aromatic heterocycles. The first-order valence-corrected chi connectivity index (χ1v) is 11.3. The van der Waals surface area contributed by atoms with Gasteiger partial charge in [-0.05, 0) is 44.0 Å². The molecule has 0 spiro atoms. The molecule has 3 N–H and O–H groups in total. The predicted octanol–water partition coefficient (Wildman–Crippen LogP) is 1.89. The van der Waals surface area contributed by atoms with E-state index in [4.69, 9.17) is 10.5 Å². The van der Waals surface area contributed by atoms with E-state index in [2.05, 4.69) is 10.3 Å². The zero-order valence-electron chi connectivity index (χ0n) is 16.6. The lowest BCUT2D eigenvalue weighted by Gasteiger charge is -2.26. The molecular weight excluding hydrogens is 392 g/mol. The molecule has 1 saturated carbocycles. The number of aliphatic imine (C=N–C) groups is 1. The number of sulfonamides is 1. The standard InChI is InChI=1S/C20H28N4O4S/c1-15(22-16-4-2-3-5-16)19(14-21)20(25)23-17-6-8-18(9-7-17)29(26,27)24-10-12-28-13-11-24/h6-9,14,16H,2-5,10-13,21H2,1H3,(H,23,25)/b19-14+,22-15?. The largest absolute Gasteiger partial charge is 0.404 e. The number of nitrogens with one attached hydrogen (secondary N) is 1. The van der Waals surface area contributed by atoms with Crippen LogP contribution in [-0.4, -0.2) is 56.7 Å². The van der Waals surface area contributed by atoms with Gasteiger partial charge in [0, 0.05) is 30.7 Å². The summed E-state index contributed by atoms with van der Waals surface area (Å²) in [6.07, 6.45) is 5.66. The van der Waals surface area contributed by atoms with Crippen LogP contribution in [0.5, 0.6) is 0 Å². The molecule has 29 heavy (non-hydrogen) atoms. The number of morpholine rings is 1. The molecule has 2 aliphatic rings. The fraction of sp³-hybridized carbons (Fsp3) is 0.500. The van der Waals surface area contributed by atoms with Crippen LogP contribution in [0.15, 0.2) is 45.9 Å². The highest BCUT2D eigenvalue weighted by Crippen LogP contribution is 2.22. The van der Waals surface area contributed by atoms with Gasteiger partial charge in [0.05, 0.1) is 29.7 Å². The lowest BCUT2D eigenvalue weighted by molar-refractivity contribution is -0.112. The van der Waals surface area contributed by atoms with Crippen molar-refractivity contribution in [2.45, 2.75) is 43.5 Å². The fourth-order valence-corrected chi connectivity index (χ4v) is 4.99. The number of ether oxygens (including phenoxy) is 1. The maximum Gasteiger partial charge on any atom is 0.258 e. The molecule has 0 bridgehead atoms. The van der Waals surface area contributed by atoms with E-state index in [9.17, 15) is 13.2 Å². The summed E-state index contributed by atoms with van der Waals surface area (Å²) in [5.74, 6) is -0.365. The van der Waals surface area contributed by atoms with E-state index in [0.717, 1.165) is 25.7 Å². The summed E-state index contributed by atoms with van der Waals surface area (Å²) in [6.45, 7) is 3.25. The Kier molecular flexibility index (Phi) is 7.05. The zero-order valence-corrected chi connectivity index (χ0v) is 17.5. The minimum absolute atomic E-state index is 0.186. The molecule has 1 heterocycles. The van der Waals surface area contributed by atoms with Crippen LogP contribution >= 0.6 is 0 Å². The van der Waals surface area contributed by atoms with Crippen molar-refractivity contribution >= 4 is 27.3 Å². The second-order valence-electron chi connectivity index (χ2n) is 7.23. The van der Waals surface area contributed by atoms with Crippen LogP contribution in [0.2, 0.25) is 0 Å². The molecule has 0 unspecified atom stereocenters. The van der Waals surface area contributed by atoms with E-state index >= 15 is 0 Å². The number of amides is 1. The number of carbonyl (C=O) groups is 1. The summed E-state index contributed by atoms with van der Waals surface area (Å²) in [4.78, 5) is 17.4. The molecule has 1 amide bonds. The number of nitrogens with two attached hydrogens (primary N) is 1. The first kappa shape index (κ1) is 21.5. The Hall–Kier alpha value is -2.23. The molecule has 1 saturated heterocycles. The molecule has 0 atom stereocenters. The van der Waals surface area contributed by atoms with Crippen molar-refractivity contribution in [3.8, 4) is 0 Å². The number of anilines is 1. The molecule has 9 heteroatoms. The monoisotopic (exact) mass is 420 g/mol. The van der Waals surface area contributed by atoms with Crippen molar-refractivity contribution in [1.82, 2.24) is 4.31 Å². The van der Waals surface area contributed by atoms with Gasteiger partial charge in [0.25, 0.3) is 5.91 Å². The molecule has 1 aliphatic carbocycles. The smallest absolute Gasteiger partial charge is 0.258 e. The minimum atomic E-state index is -3.57. The average molecular weight is 421 g/mol. The third-order valence-corrected chi connectivity index (χ3v) is 7.13. The van der Waals surface area contributed by atoms with E-state index in [0.29, 0.717) is 43.3 Å². The van der Waals surface area contributed by atoms with E-state index in [-0.39, 0.29) is 16.8 Å². The third kappa shape index (κ3) is 5.23. The first-order chi connectivity index (χ1) is 13.9. The Morgan fingerprint density at radius 2 is 1.83 bits per heavy atom. The minimum Gasteiger partial charge on any atom is -0.404 e. The van der Waals surface area contributed by atoms with Crippen molar-refractivity contribution < 1.29 is 17.9 Å². The Morgan fingerprint density at radius 1 is 1.21 bits per heavy atom. The lowest BCUT2D eigenvalue weighted by Crippen LogP contribution is -2.40. The number of nitrogens with zero attached hydrogens (tertiary/aromatic N) is 2. The topological polar surface area (TPSA) is 114 Å². The highest BCUT2D eigenvalue weighted by Gasteiger charge is 2.26. The Morgan fingerprint density at radius 3 is 2.41 bits per heavy atom. The first-order valence-electron chi connectivity index (χ1n) is 9.88. The Labute approximate surface area is 171 Å². The normalized spacial score (nSPS) is 20.0. The molecule has 0 radical (unpaired) electrons. The van der Waals surface area contributed by atoms with Crippen LogP contribution in [0, 0.1) is 0 Å². The highest BCUT2D eigenvalue weighted by atomic mass is 32.2. The van der Waals surface area contributed by atoms with Gasteiger partial charge in [-0.15, -0.1) is 0 Å². The van der Waals surface area contributed by atoms with Crippen LogP contribution in [0.3, 0.4) is 0 Å². The van der Waals surface area contributed by atoms with Crippen LogP contribution < -0.4 is 11.1 Å². The quantitative estimate of drug-likeness (QED) is 0.539. The van der Waals surface area contributed by atoms with Gasteiger partial charge in [-0.2, -0.15) is 4.31 Å². The summed E-state index contributed by atoms with van der Waals surface area (Å²) in [5.41, 5.74) is 7.09.